The van der Waals surface area contributed by atoms with Gasteiger partial charge in [0.1, 0.15) is 0 Å². The Balaban J connectivity index is 2.42. The molecule has 2 rings (SSSR count). The van der Waals surface area contributed by atoms with Crippen molar-refractivity contribution >= 4 is 21.4 Å². The van der Waals surface area contributed by atoms with Gasteiger partial charge in [-0.15, -0.1) is 0 Å². The van der Waals surface area contributed by atoms with E-state index in [1.165, 1.54) is 0 Å². The van der Waals surface area contributed by atoms with E-state index in [2.05, 4.69) is 4.72 Å². The summed E-state index contributed by atoms with van der Waals surface area (Å²) in [5.74, 6) is -2.32. The highest BCUT2D eigenvalue weighted by atomic mass is 32.2. The average Bonchev–Trinajstić information content (AvgIpc) is 2.39. The predicted molar refractivity (Wildman–Crippen MR) is 77.5 cm³/mol. The maximum absolute atomic E-state index is 13.2. The van der Waals surface area contributed by atoms with E-state index in [1.54, 1.807) is 26.0 Å². The number of rotatable bonds is 3. The van der Waals surface area contributed by atoms with E-state index < -0.39 is 21.7 Å². The third kappa shape index (κ3) is 3.13. The minimum absolute atomic E-state index is 0.339. The lowest BCUT2D eigenvalue weighted by atomic mass is 10.1. The number of sulfonamides is 1. The van der Waals surface area contributed by atoms with Crippen molar-refractivity contribution in [3.63, 3.8) is 0 Å². The van der Waals surface area contributed by atoms with Gasteiger partial charge in [0.15, 0.2) is 11.6 Å². The Labute approximate surface area is 121 Å². The molecule has 0 fully saturated rings. The molecule has 21 heavy (non-hydrogen) atoms. The van der Waals surface area contributed by atoms with Crippen LogP contribution >= 0.6 is 0 Å². The van der Waals surface area contributed by atoms with Crippen LogP contribution in [0.25, 0.3) is 0 Å². The second-order valence-electron chi connectivity index (χ2n) is 4.71. The molecule has 4 nitrogen and oxygen atoms in total. The van der Waals surface area contributed by atoms with Crippen molar-refractivity contribution in [2.75, 3.05) is 10.5 Å². The molecule has 2 aromatic rings. The largest absolute Gasteiger partial charge is 0.399 e. The Bertz CT molecular complexity index is 805. The minimum atomic E-state index is -4.00. The molecule has 0 saturated heterocycles. The Hall–Kier alpha value is -2.15. The second-order valence-corrected chi connectivity index (χ2v) is 6.39. The topological polar surface area (TPSA) is 72.2 Å². The smallest absolute Gasteiger partial charge is 0.262 e. The van der Waals surface area contributed by atoms with E-state index in [-0.39, 0.29) is 4.90 Å². The van der Waals surface area contributed by atoms with Gasteiger partial charge in [0.05, 0.1) is 10.6 Å². The third-order valence-electron chi connectivity index (χ3n) is 3.06. The summed E-state index contributed by atoms with van der Waals surface area (Å²) < 4.78 is 52.7. The van der Waals surface area contributed by atoms with Crippen molar-refractivity contribution < 1.29 is 17.2 Å². The Morgan fingerprint density at radius 2 is 1.67 bits per heavy atom. The molecule has 0 bridgehead atoms. The van der Waals surface area contributed by atoms with Crippen LogP contribution < -0.4 is 10.5 Å². The van der Waals surface area contributed by atoms with Crippen molar-refractivity contribution in [3.8, 4) is 0 Å². The van der Waals surface area contributed by atoms with Gasteiger partial charge in [0.25, 0.3) is 10.0 Å². The van der Waals surface area contributed by atoms with Gasteiger partial charge >= 0.3 is 0 Å². The molecule has 0 saturated carbocycles. The first-order valence-corrected chi connectivity index (χ1v) is 7.53. The maximum Gasteiger partial charge on any atom is 0.262 e. The number of aryl methyl sites for hydroxylation is 2. The molecule has 0 atom stereocenters. The summed E-state index contributed by atoms with van der Waals surface area (Å²) in [5.41, 5.74) is 7.96. The third-order valence-corrected chi connectivity index (χ3v) is 4.42. The van der Waals surface area contributed by atoms with Crippen molar-refractivity contribution in [1.29, 1.82) is 0 Å². The minimum Gasteiger partial charge on any atom is -0.399 e. The summed E-state index contributed by atoms with van der Waals surface area (Å²) in [6, 6.07) is 5.63. The van der Waals surface area contributed by atoms with Crippen molar-refractivity contribution in [2.45, 2.75) is 18.7 Å². The molecule has 0 spiro atoms. The van der Waals surface area contributed by atoms with Gasteiger partial charge in [-0.3, -0.25) is 4.72 Å². The van der Waals surface area contributed by atoms with Crippen LogP contribution in [0.1, 0.15) is 11.1 Å². The fourth-order valence-electron chi connectivity index (χ4n) is 1.80. The first kappa shape index (κ1) is 15.2. The summed E-state index contributed by atoms with van der Waals surface area (Å²) in [6.45, 7) is 3.43. The standard InChI is InChI=1S/C14H14F2N2O2S/c1-8-6-14(9(2)5-13(8)17)18-21(19,20)10-3-4-11(15)12(16)7-10/h3-7,18H,17H2,1-2H3. The predicted octanol–water partition coefficient (Wildman–Crippen LogP) is 2.96. The zero-order chi connectivity index (χ0) is 15.8. The number of anilines is 2. The first-order valence-electron chi connectivity index (χ1n) is 6.05. The number of hydrogen-bond acceptors (Lipinski definition) is 3. The SMILES string of the molecule is Cc1cc(NS(=O)(=O)c2ccc(F)c(F)c2)c(C)cc1N. The van der Waals surface area contributed by atoms with Gasteiger partial charge in [0, 0.05) is 5.69 Å². The molecule has 0 aliphatic carbocycles. The van der Waals surface area contributed by atoms with Gasteiger partial charge in [-0.2, -0.15) is 0 Å². The van der Waals surface area contributed by atoms with E-state index >= 15 is 0 Å². The van der Waals surface area contributed by atoms with E-state index in [0.29, 0.717) is 28.6 Å². The summed E-state index contributed by atoms with van der Waals surface area (Å²) in [6.07, 6.45) is 0. The highest BCUT2D eigenvalue weighted by molar-refractivity contribution is 7.92. The van der Waals surface area contributed by atoms with Crippen LogP contribution in [-0.2, 0) is 10.0 Å². The monoisotopic (exact) mass is 312 g/mol. The fourth-order valence-corrected chi connectivity index (χ4v) is 2.93. The molecule has 2 aromatic carbocycles. The van der Waals surface area contributed by atoms with Gasteiger partial charge < -0.3 is 5.73 Å². The molecule has 0 aliphatic rings. The summed E-state index contributed by atoms with van der Waals surface area (Å²) >= 11 is 0. The van der Waals surface area contributed by atoms with E-state index in [9.17, 15) is 17.2 Å². The van der Waals surface area contributed by atoms with Crippen LogP contribution in [-0.4, -0.2) is 8.42 Å². The molecule has 3 N–H and O–H groups in total. The molecule has 0 unspecified atom stereocenters. The Morgan fingerprint density at radius 1 is 1.00 bits per heavy atom. The highest BCUT2D eigenvalue weighted by Gasteiger charge is 2.18. The lowest BCUT2D eigenvalue weighted by molar-refractivity contribution is 0.504. The van der Waals surface area contributed by atoms with Crippen molar-refractivity contribution in [2.24, 2.45) is 0 Å². The molecule has 7 heteroatoms. The highest BCUT2D eigenvalue weighted by Crippen LogP contribution is 2.25. The van der Waals surface area contributed by atoms with Crippen LogP contribution in [0.5, 0.6) is 0 Å². The molecule has 0 aliphatic heterocycles. The molecule has 0 radical (unpaired) electrons. The zero-order valence-corrected chi connectivity index (χ0v) is 12.3. The number of halogens is 2. The summed E-state index contributed by atoms with van der Waals surface area (Å²) in [7, 11) is -4.00. The Morgan fingerprint density at radius 3 is 2.29 bits per heavy atom. The van der Waals surface area contributed by atoms with Crippen LogP contribution in [0.15, 0.2) is 35.2 Å². The lowest BCUT2D eigenvalue weighted by Gasteiger charge is -2.13. The van der Waals surface area contributed by atoms with E-state index in [4.69, 9.17) is 5.73 Å². The fraction of sp³-hybridized carbons (Fsp3) is 0.143. The zero-order valence-electron chi connectivity index (χ0n) is 11.4. The molecule has 0 aromatic heterocycles. The van der Waals surface area contributed by atoms with Crippen LogP contribution in [0.2, 0.25) is 0 Å². The molecule has 112 valence electrons. The van der Waals surface area contributed by atoms with Gasteiger partial charge in [-0.05, 0) is 55.3 Å². The quantitative estimate of drug-likeness (QED) is 0.856. The van der Waals surface area contributed by atoms with Gasteiger partial charge in [0.2, 0.25) is 0 Å². The van der Waals surface area contributed by atoms with Gasteiger partial charge in [-0.1, -0.05) is 0 Å². The molecule has 0 heterocycles. The van der Waals surface area contributed by atoms with Crippen molar-refractivity contribution in [3.05, 3.63) is 53.1 Å². The lowest BCUT2D eigenvalue weighted by Crippen LogP contribution is -2.14. The van der Waals surface area contributed by atoms with Crippen LogP contribution in [0, 0.1) is 25.5 Å². The average molecular weight is 312 g/mol. The number of nitrogens with one attached hydrogen (secondary N) is 1. The second kappa shape index (κ2) is 5.33. The maximum atomic E-state index is 13.2. The summed E-state index contributed by atoms with van der Waals surface area (Å²) in [4.78, 5) is -0.352. The number of benzene rings is 2. The van der Waals surface area contributed by atoms with E-state index in [1.807, 2.05) is 0 Å². The first-order chi connectivity index (χ1) is 9.70. The molecular formula is C14H14F2N2O2S. The van der Waals surface area contributed by atoms with Crippen molar-refractivity contribution in [1.82, 2.24) is 0 Å². The normalized spacial score (nSPS) is 11.4. The molecular weight excluding hydrogens is 298 g/mol. The van der Waals surface area contributed by atoms with E-state index in [0.717, 1.165) is 12.1 Å². The van der Waals surface area contributed by atoms with Gasteiger partial charge in [-0.25, -0.2) is 17.2 Å². The van der Waals surface area contributed by atoms with Crippen LogP contribution in [0.3, 0.4) is 0 Å². The molecule has 0 amide bonds. The number of nitrogen functional groups attached to an aromatic ring is 1. The Kier molecular flexibility index (Phi) is 3.87. The number of hydrogen-bond donors (Lipinski definition) is 2. The summed E-state index contributed by atoms with van der Waals surface area (Å²) in [5, 5.41) is 0. The van der Waals surface area contributed by atoms with Crippen LogP contribution in [0.4, 0.5) is 20.2 Å². The number of nitrogens with two attached hydrogens (primary N) is 1.